The van der Waals surface area contributed by atoms with Crippen LogP contribution in [0.3, 0.4) is 0 Å². The van der Waals surface area contributed by atoms with Crippen molar-refractivity contribution in [2.75, 3.05) is 11.0 Å². The third kappa shape index (κ3) is 7.66. The predicted octanol–water partition coefficient (Wildman–Crippen LogP) is 3.97. The summed E-state index contributed by atoms with van der Waals surface area (Å²) in [6.07, 6.45) is 3.67. The fourth-order valence-corrected chi connectivity index (χ4v) is 3.46. The van der Waals surface area contributed by atoms with E-state index in [1.54, 1.807) is 6.07 Å². The highest BCUT2D eigenvalue weighted by atomic mass is 32.2. The Balaban J connectivity index is 1.63. The first-order chi connectivity index (χ1) is 16.2. The average molecular weight is 488 g/mol. The SMILES string of the molecule is CS(=O)(=O)Nc1ccc(CNC(=O)/C=C/c2ccc(CF)nc2OCc2ccccc2)cc1F. The van der Waals surface area contributed by atoms with E-state index in [2.05, 4.69) is 15.0 Å². The molecule has 0 aliphatic heterocycles. The summed E-state index contributed by atoms with van der Waals surface area (Å²) in [5.74, 6) is -1.02. The molecule has 1 amide bonds. The van der Waals surface area contributed by atoms with Gasteiger partial charge in [-0.2, -0.15) is 0 Å². The first kappa shape index (κ1) is 24.8. The Morgan fingerprint density at radius 2 is 1.85 bits per heavy atom. The van der Waals surface area contributed by atoms with Crippen LogP contribution in [0, 0.1) is 5.82 Å². The van der Waals surface area contributed by atoms with Gasteiger partial charge in [0.2, 0.25) is 21.8 Å². The van der Waals surface area contributed by atoms with Crippen LogP contribution in [0.4, 0.5) is 14.5 Å². The number of nitrogens with zero attached hydrogens (tertiary/aromatic N) is 1. The molecule has 7 nitrogen and oxygen atoms in total. The van der Waals surface area contributed by atoms with Gasteiger partial charge in [-0.1, -0.05) is 36.4 Å². The number of hydrogen-bond acceptors (Lipinski definition) is 5. The molecule has 0 saturated heterocycles. The molecule has 1 aromatic heterocycles. The molecule has 34 heavy (non-hydrogen) atoms. The molecule has 10 heteroatoms. The lowest BCUT2D eigenvalue weighted by Crippen LogP contribution is -2.20. The van der Waals surface area contributed by atoms with E-state index in [0.29, 0.717) is 11.1 Å². The van der Waals surface area contributed by atoms with Crippen molar-refractivity contribution < 1.29 is 26.7 Å². The second-order valence-corrected chi connectivity index (χ2v) is 9.09. The van der Waals surface area contributed by atoms with Crippen LogP contribution in [0.15, 0.2) is 66.7 Å². The number of carbonyl (C=O) groups excluding carboxylic acids is 1. The van der Waals surface area contributed by atoms with Crippen LogP contribution in [0.5, 0.6) is 5.88 Å². The van der Waals surface area contributed by atoms with Crippen molar-refractivity contribution in [3.05, 3.63) is 94.9 Å². The first-order valence-corrected chi connectivity index (χ1v) is 12.1. The third-order valence-electron chi connectivity index (χ3n) is 4.51. The van der Waals surface area contributed by atoms with Gasteiger partial charge in [0.25, 0.3) is 0 Å². The van der Waals surface area contributed by atoms with Crippen molar-refractivity contribution >= 4 is 27.7 Å². The second-order valence-electron chi connectivity index (χ2n) is 7.34. The summed E-state index contributed by atoms with van der Waals surface area (Å²) >= 11 is 0. The Morgan fingerprint density at radius 3 is 2.53 bits per heavy atom. The van der Waals surface area contributed by atoms with Gasteiger partial charge in [-0.05, 0) is 41.5 Å². The zero-order valence-electron chi connectivity index (χ0n) is 18.3. The molecule has 0 aliphatic carbocycles. The van der Waals surface area contributed by atoms with Crippen LogP contribution in [-0.4, -0.2) is 25.6 Å². The van der Waals surface area contributed by atoms with E-state index in [1.807, 2.05) is 30.3 Å². The molecule has 0 bridgehead atoms. The Kier molecular flexibility index (Phi) is 8.31. The Hall–Kier alpha value is -3.79. The lowest BCUT2D eigenvalue weighted by molar-refractivity contribution is -0.116. The summed E-state index contributed by atoms with van der Waals surface area (Å²) in [4.78, 5) is 16.4. The van der Waals surface area contributed by atoms with Crippen LogP contribution < -0.4 is 14.8 Å². The van der Waals surface area contributed by atoms with Gasteiger partial charge >= 0.3 is 0 Å². The third-order valence-corrected chi connectivity index (χ3v) is 5.10. The minimum absolute atomic E-state index is 0.0235. The first-order valence-electron chi connectivity index (χ1n) is 10.2. The van der Waals surface area contributed by atoms with Gasteiger partial charge < -0.3 is 10.1 Å². The molecule has 2 aromatic carbocycles. The number of alkyl halides is 1. The van der Waals surface area contributed by atoms with Crippen LogP contribution >= 0.6 is 0 Å². The number of amides is 1. The van der Waals surface area contributed by atoms with E-state index in [1.165, 1.54) is 30.4 Å². The van der Waals surface area contributed by atoms with Crippen LogP contribution in [0.25, 0.3) is 6.08 Å². The van der Waals surface area contributed by atoms with E-state index in [0.717, 1.165) is 17.9 Å². The van der Waals surface area contributed by atoms with E-state index < -0.39 is 28.4 Å². The Labute approximate surface area is 196 Å². The number of halogens is 2. The van der Waals surface area contributed by atoms with E-state index >= 15 is 0 Å². The van der Waals surface area contributed by atoms with Crippen molar-refractivity contribution in [3.8, 4) is 5.88 Å². The van der Waals surface area contributed by atoms with Crippen LogP contribution in [0.1, 0.15) is 22.4 Å². The Morgan fingerprint density at radius 1 is 1.09 bits per heavy atom. The summed E-state index contributed by atoms with van der Waals surface area (Å²) in [5, 5.41) is 2.61. The minimum Gasteiger partial charge on any atom is -0.472 e. The van der Waals surface area contributed by atoms with Gasteiger partial charge in [0, 0.05) is 18.2 Å². The van der Waals surface area contributed by atoms with Gasteiger partial charge in [0.15, 0.2) is 0 Å². The van der Waals surface area contributed by atoms with Gasteiger partial charge in [-0.25, -0.2) is 22.2 Å². The molecule has 3 rings (SSSR count). The zero-order valence-corrected chi connectivity index (χ0v) is 19.1. The zero-order chi connectivity index (χ0) is 24.6. The molecular formula is C24H23F2N3O4S. The van der Waals surface area contributed by atoms with Crippen molar-refractivity contribution in [1.29, 1.82) is 0 Å². The Bertz CT molecular complexity index is 1280. The number of nitrogens with one attached hydrogen (secondary N) is 2. The topological polar surface area (TPSA) is 97.4 Å². The number of hydrogen-bond donors (Lipinski definition) is 2. The summed E-state index contributed by atoms with van der Waals surface area (Å²) in [6, 6.07) is 16.4. The number of ether oxygens (including phenoxy) is 1. The minimum atomic E-state index is -3.61. The van der Waals surface area contributed by atoms with Crippen molar-refractivity contribution in [3.63, 3.8) is 0 Å². The number of carbonyl (C=O) groups is 1. The summed E-state index contributed by atoms with van der Waals surface area (Å²) in [7, 11) is -3.61. The van der Waals surface area contributed by atoms with E-state index in [9.17, 15) is 22.0 Å². The highest BCUT2D eigenvalue weighted by Gasteiger charge is 2.10. The lowest BCUT2D eigenvalue weighted by Gasteiger charge is -2.10. The monoisotopic (exact) mass is 487 g/mol. The fourth-order valence-electron chi connectivity index (χ4n) is 2.90. The molecule has 0 unspecified atom stereocenters. The van der Waals surface area contributed by atoms with E-state index in [4.69, 9.17) is 4.74 Å². The van der Waals surface area contributed by atoms with Gasteiger partial charge in [-0.15, -0.1) is 0 Å². The number of pyridine rings is 1. The van der Waals surface area contributed by atoms with Crippen molar-refractivity contribution in [1.82, 2.24) is 10.3 Å². The summed E-state index contributed by atoms with van der Waals surface area (Å²) in [6.45, 7) is -0.497. The number of benzene rings is 2. The predicted molar refractivity (Wildman–Crippen MR) is 126 cm³/mol. The molecule has 3 aromatic rings. The molecule has 0 fully saturated rings. The highest BCUT2D eigenvalue weighted by molar-refractivity contribution is 7.92. The maximum Gasteiger partial charge on any atom is 0.244 e. The molecule has 0 radical (unpaired) electrons. The molecule has 0 atom stereocenters. The summed E-state index contributed by atoms with van der Waals surface area (Å²) < 4.78 is 57.4. The molecular weight excluding hydrogens is 464 g/mol. The molecule has 0 aliphatic rings. The standard InChI is InChI=1S/C24H23F2N3O4S/c1-34(31,32)29-22-11-7-18(13-21(22)26)15-27-23(30)12-9-19-8-10-20(14-25)28-24(19)33-16-17-5-3-2-4-6-17/h2-13,29H,14-16H2,1H3,(H,27,30)/b12-9+. The fraction of sp³-hybridized carbons (Fsp3) is 0.167. The van der Waals surface area contributed by atoms with Gasteiger partial charge in [0.1, 0.15) is 19.1 Å². The molecule has 0 saturated carbocycles. The molecule has 2 N–H and O–H groups in total. The second kappa shape index (κ2) is 11.4. The maximum absolute atomic E-state index is 14.1. The molecule has 1 heterocycles. The number of sulfonamides is 1. The van der Waals surface area contributed by atoms with Crippen molar-refractivity contribution in [2.45, 2.75) is 19.8 Å². The normalized spacial score (nSPS) is 11.4. The number of aromatic nitrogens is 1. The lowest BCUT2D eigenvalue weighted by atomic mass is 10.2. The van der Waals surface area contributed by atoms with Crippen LogP contribution in [0.2, 0.25) is 0 Å². The molecule has 0 spiro atoms. The largest absolute Gasteiger partial charge is 0.472 e. The maximum atomic E-state index is 14.1. The van der Waals surface area contributed by atoms with Gasteiger partial charge in [-0.3, -0.25) is 9.52 Å². The van der Waals surface area contributed by atoms with E-state index in [-0.39, 0.29) is 30.4 Å². The quantitative estimate of drug-likeness (QED) is 0.422. The van der Waals surface area contributed by atoms with Crippen molar-refractivity contribution in [2.24, 2.45) is 0 Å². The molecule has 178 valence electrons. The summed E-state index contributed by atoms with van der Waals surface area (Å²) in [5.41, 5.74) is 1.88. The number of anilines is 1. The average Bonchev–Trinajstić information content (AvgIpc) is 2.81. The van der Waals surface area contributed by atoms with Gasteiger partial charge in [0.05, 0.1) is 17.6 Å². The highest BCUT2D eigenvalue weighted by Crippen LogP contribution is 2.20. The smallest absolute Gasteiger partial charge is 0.244 e. The number of rotatable bonds is 10. The van der Waals surface area contributed by atoms with Crippen LogP contribution in [-0.2, 0) is 34.6 Å².